The Hall–Kier alpha value is -2.54. The fraction of sp³-hybridized carbons (Fsp3) is 0.565. The van der Waals surface area contributed by atoms with Gasteiger partial charge in [0.05, 0.1) is 25.5 Å². The molecule has 2 aromatic rings. The van der Waals surface area contributed by atoms with E-state index in [1.54, 1.807) is 6.20 Å². The molecule has 0 unspecified atom stereocenters. The lowest BCUT2D eigenvalue weighted by molar-refractivity contribution is -0.137. The second-order valence-corrected chi connectivity index (χ2v) is 8.46. The summed E-state index contributed by atoms with van der Waals surface area (Å²) in [4.78, 5) is 31.8. The van der Waals surface area contributed by atoms with Crippen LogP contribution in [0.3, 0.4) is 0 Å². The number of anilines is 1. The molecule has 30 heavy (non-hydrogen) atoms. The highest BCUT2D eigenvalue weighted by Gasteiger charge is 2.32. The van der Waals surface area contributed by atoms with Gasteiger partial charge in [0.25, 0.3) is 0 Å². The van der Waals surface area contributed by atoms with E-state index >= 15 is 0 Å². The predicted molar refractivity (Wildman–Crippen MR) is 114 cm³/mol. The van der Waals surface area contributed by atoms with E-state index < -0.39 is 0 Å². The van der Waals surface area contributed by atoms with Crippen molar-refractivity contribution in [1.82, 2.24) is 19.9 Å². The fourth-order valence-electron chi connectivity index (χ4n) is 4.84. The third kappa shape index (κ3) is 3.90. The zero-order chi connectivity index (χ0) is 20.3. The van der Waals surface area contributed by atoms with Gasteiger partial charge in [-0.25, -0.2) is 9.97 Å². The average Bonchev–Trinajstić information content (AvgIpc) is 2.84. The molecule has 4 heterocycles. The zero-order valence-electron chi connectivity index (χ0n) is 17.4. The molecule has 2 aromatic heterocycles. The first-order valence-electron chi connectivity index (χ1n) is 11.2. The number of carbonyl (C=O) groups excluding carboxylic acids is 1. The van der Waals surface area contributed by atoms with Gasteiger partial charge in [0.2, 0.25) is 5.91 Å². The first-order valence-corrected chi connectivity index (χ1v) is 11.2. The second-order valence-electron chi connectivity index (χ2n) is 8.46. The molecule has 158 valence electrons. The molecule has 2 fully saturated rings. The number of ether oxygens (including phenoxy) is 1. The molecule has 0 N–H and O–H groups in total. The Bertz CT molecular complexity index is 892. The topological polar surface area (TPSA) is 71.5 Å². The number of hydrogen-bond acceptors (Lipinski definition) is 6. The van der Waals surface area contributed by atoms with E-state index in [2.05, 4.69) is 9.88 Å². The van der Waals surface area contributed by atoms with E-state index in [1.807, 2.05) is 23.1 Å². The lowest BCUT2D eigenvalue weighted by Gasteiger charge is -2.36. The summed E-state index contributed by atoms with van der Waals surface area (Å²) in [7, 11) is 0. The lowest BCUT2D eigenvalue weighted by Crippen LogP contribution is -2.43. The maximum atomic E-state index is 13.2. The molecular weight excluding hydrogens is 378 g/mol. The number of carbonyl (C=O) groups is 1. The smallest absolute Gasteiger partial charge is 0.225 e. The van der Waals surface area contributed by atoms with Gasteiger partial charge in [0.15, 0.2) is 5.82 Å². The maximum Gasteiger partial charge on any atom is 0.225 e. The van der Waals surface area contributed by atoms with Crippen molar-refractivity contribution in [3.63, 3.8) is 0 Å². The van der Waals surface area contributed by atoms with Crippen LogP contribution >= 0.6 is 0 Å². The minimum absolute atomic E-state index is 0.195. The van der Waals surface area contributed by atoms with Crippen LogP contribution in [0, 0.1) is 5.92 Å². The molecule has 7 nitrogen and oxygen atoms in total. The molecule has 1 aliphatic carbocycles. The number of pyridine rings is 1. The summed E-state index contributed by atoms with van der Waals surface area (Å²) in [6, 6.07) is 5.82. The Morgan fingerprint density at radius 3 is 2.63 bits per heavy atom. The van der Waals surface area contributed by atoms with Crippen LogP contribution in [0.15, 0.2) is 24.4 Å². The second kappa shape index (κ2) is 8.68. The number of fused-ring (bicyclic) bond motifs is 1. The third-order valence-corrected chi connectivity index (χ3v) is 6.51. The van der Waals surface area contributed by atoms with E-state index in [1.165, 1.54) is 19.3 Å². The molecule has 0 bridgehead atoms. The Kier molecular flexibility index (Phi) is 5.62. The number of amides is 1. The summed E-state index contributed by atoms with van der Waals surface area (Å²) in [5.74, 6) is 2.14. The molecule has 0 atom stereocenters. The van der Waals surface area contributed by atoms with Crippen molar-refractivity contribution < 1.29 is 9.53 Å². The predicted octanol–water partition coefficient (Wildman–Crippen LogP) is 2.84. The van der Waals surface area contributed by atoms with Crippen molar-refractivity contribution >= 4 is 11.7 Å². The van der Waals surface area contributed by atoms with Crippen LogP contribution in [0.4, 0.5) is 5.82 Å². The van der Waals surface area contributed by atoms with Crippen molar-refractivity contribution in [2.75, 3.05) is 37.7 Å². The van der Waals surface area contributed by atoms with Gasteiger partial charge >= 0.3 is 0 Å². The van der Waals surface area contributed by atoms with Gasteiger partial charge in [-0.05, 0) is 25.0 Å². The number of morpholine rings is 1. The fourth-order valence-corrected chi connectivity index (χ4v) is 4.84. The largest absolute Gasteiger partial charge is 0.378 e. The van der Waals surface area contributed by atoms with Gasteiger partial charge in [-0.15, -0.1) is 0 Å². The normalized spacial score (nSPS) is 20.1. The number of nitrogens with zero attached hydrogens (tertiary/aromatic N) is 5. The summed E-state index contributed by atoms with van der Waals surface area (Å²) in [5, 5.41) is 0. The number of aromatic nitrogens is 3. The molecule has 0 aromatic carbocycles. The summed E-state index contributed by atoms with van der Waals surface area (Å²) < 4.78 is 5.56. The van der Waals surface area contributed by atoms with Gasteiger partial charge in [-0.1, -0.05) is 25.3 Å². The van der Waals surface area contributed by atoms with Crippen molar-refractivity contribution in [3.8, 4) is 11.5 Å². The van der Waals surface area contributed by atoms with Crippen LogP contribution in [0.25, 0.3) is 11.5 Å². The van der Waals surface area contributed by atoms with Crippen LogP contribution in [0.5, 0.6) is 0 Å². The first kappa shape index (κ1) is 19.4. The maximum absolute atomic E-state index is 13.2. The standard InChI is InChI=1S/C23H29N5O2/c29-23(17-6-2-1-3-7-17)28-11-9-19-18(16-28)22(27-12-14-30-15-13-27)26-21(25-19)20-8-4-5-10-24-20/h4-5,8,10,17H,1-3,6-7,9,11-16H2. The number of rotatable bonds is 3. The Balaban J connectivity index is 1.48. The zero-order valence-corrected chi connectivity index (χ0v) is 17.4. The first-order chi connectivity index (χ1) is 14.8. The van der Waals surface area contributed by atoms with E-state index in [4.69, 9.17) is 14.7 Å². The molecule has 5 rings (SSSR count). The van der Waals surface area contributed by atoms with Crippen molar-refractivity contribution in [3.05, 3.63) is 35.7 Å². The summed E-state index contributed by atoms with van der Waals surface area (Å²) in [6.45, 7) is 4.36. The summed E-state index contributed by atoms with van der Waals surface area (Å²) in [5.41, 5.74) is 2.95. The van der Waals surface area contributed by atoms with Gasteiger partial charge < -0.3 is 14.5 Å². The Labute approximate surface area is 177 Å². The Morgan fingerprint density at radius 2 is 1.87 bits per heavy atom. The highest BCUT2D eigenvalue weighted by molar-refractivity contribution is 5.79. The van der Waals surface area contributed by atoms with Gasteiger partial charge in [-0.3, -0.25) is 9.78 Å². The molecule has 3 aliphatic rings. The Morgan fingerprint density at radius 1 is 1.03 bits per heavy atom. The lowest BCUT2D eigenvalue weighted by atomic mass is 9.87. The summed E-state index contributed by atoms with van der Waals surface area (Å²) >= 11 is 0. The van der Waals surface area contributed by atoms with Crippen LogP contribution in [0.1, 0.15) is 43.4 Å². The highest BCUT2D eigenvalue weighted by Crippen LogP contribution is 2.32. The van der Waals surface area contributed by atoms with Gasteiger partial charge in [0.1, 0.15) is 11.5 Å². The van der Waals surface area contributed by atoms with Gasteiger partial charge in [-0.2, -0.15) is 0 Å². The molecule has 7 heteroatoms. The molecule has 1 saturated carbocycles. The van der Waals surface area contributed by atoms with Crippen molar-refractivity contribution in [2.45, 2.75) is 45.1 Å². The monoisotopic (exact) mass is 407 g/mol. The van der Waals surface area contributed by atoms with Crippen LogP contribution in [0.2, 0.25) is 0 Å². The quantitative estimate of drug-likeness (QED) is 0.779. The van der Waals surface area contributed by atoms with E-state index in [0.717, 1.165) is 61.7 Å². The molecule has 2 aliphatic heterocycles. The highest BCUT2D eigenvalue weighted by atomic mass is 16.5. The minimum atomic E-state index is 0.195. The molecule has 0 radical (unpaired) electrons. The van der Waals surface area contributed by atoms with Gasteiger partial charge in [0, 0.05) is 43.7 Å². The van der Waals surface area contributed by atoms with Crippen molar-refractivity contribution in [2.24, 2.45) is 5.92 Å². The average molecular weight is 408 g/mol. The minimum Gasteiger partial charge on any atom is -0.378 e. The molecule has 1 amide bonds. The number of hydrogen-bond donors (Lipinski definition) is 0. The van der Waals surface area contributed by atoms with Crippen LogP contribution in [-0.4, -0.2) is 58.6 Å². The third-order valence-electron chi connectivity index (χ3n) is 6.51. The van der Waals surface area contributed by atoms with Crippen LogP contribution < -0.4 is 4.90 Å². The molecule has 0 spiro atoms. The van der Waals surface area contributed by atoms with E-state index in [-0.39, 0.29) is 5.92 Å². The van der Waals surface area contributed by atoms with E-state index in [0.29, 0.717) is 31.5 Å². The SMILES string of the molecule is O=C(C1CCCCC1)N1CCc2nc(-c3ccccn3)nc(N3CCOCC3)c2C1. The van der Waals surface area contributed by atoms with E-state index in [9.17, 15) is 4.79 Å². The summed E-state index contributed by atoms with van der Waals surface area (Å²) in [6.07, 6.45) is 8.23. The van der Waals surface area contributed by atoms with Crippen LogP contribution in [-0.2, 0) is 22.5 Å². The molecule has 1 saturated heterocycles. The van der Waals surface area contributed by atoms with Crippen molar-refractivity contribution in [1.29, 1.82) is 0 Å². The molecular formula is C23H29N5O2.